The van der Waals surface area contributed by atoms with E-state index in [2.05, 4.69) is 60.4 Å². The van der Waals surface area contributed by atoms with Gasteiger partial charge < -0.3 is 14.0 Å². The molecule has 1 aromatic heterocycles. The van der Waals surface area contributed by atoms with Gasteiger partial charge in [0.15, 0.2) is 5.92 Å². The Labute approximate surface area is 278 Å². The molecule has 0 amide bonds. The largest absolute Gasteiger partial charge is 0.465 e. The van der Waals surface area contributed by atoms with Gasteiger partial charge in [-0.15, -0.1) is 0 Å². The number of hydrogen-bond acceptors (Lipinski definition) is 5. The lowest BCUT2D eigenvalue weighted by Crippen LogP contribution is -2.38. The van der Waals surface area contributed by atoms with Crippen molar-refractivity contribution >= 4 is 11.9 Å². The molecule has 0 bridgehead atoms. The second-order valence-electron chi connectivity index (χ2n) is 14.6. The van der Waals surface area contributed by atoms with Crippen molar-refractivity contribution in [2.75, 3.05) is 13.2 Å². The molecule has 2 aromatic carbocycles. The molecule has 0 fully saturated rings. The maximum Gasteiger partial charge on any atom is 0.322 e. The molecule has 0 aliphatic heterocycles. The molecule has 3 atom stereocenters. The highest BCUT2D eigenvalue weighted by molar-refractivity contribution is 5.96. The van der Waals surface area contributed by atoms with Gasteiger partial charge in [-0.25, -0.2) is 4.98 Å². The SMILES string of the molecule is Cc1ccc(C(C(C(=O)OCC(CCC(C)C)C(C)C)C(=O)OCC(CCC(C)C)C(C)C)n2cnc(-c3ccccc3)c2)cc1. The van der Waals surface area contributed by atoms with Crippen molar-refractivity contribution in [2.45, 2.75) is 94.0 Å². The second-order valence-corrected chi connectivity index (χ2v) is 14.6. The van der Waals surface area contributed by atoms with Crippen LogP contribution in [0.25, 0.3) is 11.3 Å². The van der Waals surface area contributed by atoms with E-state index in [-0.39, 0.29) is 25.0 Å². The maximum absolute atomic E-state index is 14.2. The summed E-state index contributed by atoms with van der Waals surface area (Å²) < 4.78 is 14.0. The van der Waals surface area contributed by atoms with Crippen LogP contribution in [0.15, 0.2) is 67.1 Å². The van der Waals surface area contributed by atoms with Crippen LogP contribution < -0.4 is 0 Å². The highest BCUT2D eigenvalue weighted by atomic mass is 16.6. The molecule has 0 aliphatic carbocycles. The number of ether oxygens (including phenoxy) is 2. The van der Waals surface area contributed by atoms with E-state index in [9.17, 15) is 9.59 Å². The summed E-state index contributed by atoms with van der Waals surface area (Å²) in [6.45, 7) is 20.1. The second kappa shape index (κ2) is 18.1. The summed E-state index contributed by atoms with van der Waals surface area (Å²) in [6, 6.07) is 17.2. The first kappa shape index (κ1) is 37.1. The average Bonchev–Trinajstić information content (AvgIpc) is 3.50. The first-order chi connectivity index (χ1) is 21.9. The van der Waals surface area contributed by atoms with Crippen LogP contribution in [0.2, 0.25) is 0 Å². The molecule has 0 saturated carbocycles. The van der Waals surface area contributed by atoms with Crippen molar-refractivity contribution in [2.24, 2.45) is 41.4 Å². The number of imidazole rings is 1. The summed E-state index contributed by atoms with van der Waals surface area (Å²) in [5, 5.41) is 0. The van der Waals surface area contributed by atoms with Crippen molar-refractivity contribution in [3.63, 3.8) is 0 Å². The highest BCUT2D eigenvalue weighted by Crippen LogP contribution is 2.33. The van der Waals surface area contributed by atoms with Crippen LogP contribution in [0.1, 0.15) is 98.2 Å². The quantitative estimate of drug-likeness (QED) is 0.103. The van der Waals surface area contributed by atoms with Crippen molar-refractivity contribution in [3.8, 4) is 11.3 Å². The van der Waals surface area contributed by atoms with Gasteiger partial charge in [-0.1, -0.05) is 128 Å². The zero-order valence-corrected chi connectivity index (χ0v) is 29.7. The van der Waals surface area contributed by atoms with E-state index in [0.29, 0.717) is 23.7 Å². The third-order valence-electron chi connectivity index (χ3n) is 9.23. The van der Waals surface area contributed by atoms with E-state index in [0.717, 1.165) is 48.1 Å². The number of carbonyl (C=O) groups excluding carboxylic acids is 2. The fourth-order valence-electron chi connectivity index (χ4n) is 5.77. The zero-order valence-electron chi connectivity index (χ0n) is 29.7. The lowest BCUT2D eigenvalue weighted by atomic mass is 9.88. The van der Waals surface area contributed by atoms with Crippen LogP contribution in [0.5, 0.6) is 0 Å². The van der Waals surface area contributed by atoms with Gasteiger partial charge in [0.1, 0.15) is 0 Å². The number of rotatable bonds is 18. The molecule has 3 aromatic rings. The Morgan fingerprint density at radius 3 is 1.65 bits per heavy atom. The van der Waals surface area contributed by atoms with Gasteiger partial charge in [0.05, 0.1) is 31.3 Å². The lowest BCUT2D eigenvalue weighted by Gasteiger charge is -2.29. The van der Waals surface area contributed by atoms with Crippen LogP contribution in [-0.2, 0) is 19.1 Å². The number of hydrogen-bond donors (Lipinski definition) is 0. The molecule has 0 aliphatic rings. The zero-order chi connectivity index (χ0) is 33.8. The Kier molecular flexibility index (Phi) is 14.5. The molecule has 252 valence electrons. The Balaban J connectivity index is 2.01. The minimum atomic E-state index is -1.20. The number of benzene rings is 2. The van der Waals surface area contributed by atoms with Crippen molar-refractivity contribution in [3.05, 3.63) is 78.2 Å². The number of nitrogens with zero attached hydrogens (tertiary/aromatic N) is 2. The third kappa shape index (κ3) is 11.1. The topological polar surface area (TPSA) is 70.4 Å². The summed E-state index contributed by atoms with van der Waals surface area (Å²) >= 11 is 0. The highest BCUT2D eigenvalue weighted by Gasteiger charge is 2.41. The van der Waals surface area contributed by atoms with Crippen molar-refractivity contribution < 1.29 is 19.1 Å². The number of carbonyl (C=O) groups is 2. The fraction of sp³-hybridized carbons (Fsp3) is 0.575. The molecule has 46 heavy (non-hydrogen) atoms. The van der Waals surface area contributed by atoms with Crippen molar-refractivity contribution in [1.82, 2.24) is 9.55 Å². The third-order valence-corrected chi connectivity index (χ3v) is 9.23. The summed E-state index contributed by atoms with van der Waals surface area (Å²) in [5.41, 5.74) is 3.64. The Morgan fingerprint density at radius 2 is 1.20 bits per heavy atom. The van der Waals surface area contributed by atoms with Gasteiger partial charge in [-0.3, -0.25) is 9.59 Å². The smallest absolute Gasteiger partial charge is 0.322 e. The molecule has 6 nitrogen and oxygen atoms in total. The lowest BCUT2D eigenvalue weighted by molar-refractivity contribution is -0.166. The van der Waals surface area contributed by atoms with Gasteiger partial charge in [0.2, 0.25) is 0 Å². The standard InChI is InChI=1S/C40H58N2O4/c1-27(2)15-19-34(29(5)6)24-45-39(43)37(40(44)46-25-35(30(7)8)20-16-28(3)4)38(33-21-17-31(9)18-22-33)42-23-36(41-26-42)32-13-11-10-12-14-32/h10-14,17-18,21-23,26-30,34-35,37-38H,15-16,19-20,24-25H2,1-9H3. The van der Waals surface area contributed by atoms with Crippen LogP contribution in [0.3, 0.4) is 0 Å². The molecule has 3 unspecified atom stereocenters. The van der Waals surface area contributed by atoms with Gasteiger partial charge in [-0.2, -0.15) is 0 Å². The normalized spacial score (nSPS) is 14.5. The van der Waals surface area contributed by atoms with Gasteiger partial charge >= 0.3 is 11.9 Å². The van der Waals surface area contributed by atoms with E-state index in [4.69, 9.17) is 9.47 Å². The van der Waals surface area contributed by atoms with E-state index in [1.165, 1.54) is 0 Å². The van der Waals surface area contributed by atoms with E-state index in [1.54, 1.807) is 6.33 Å². The molecule has 1 heterocycles. The molecule has 3 rings (SSSR count). The summed E-state index contributed by atoms with van der Waals surface area (Å²) in [7, 11) is 0. The number of aromatic nitrogens is 2. The Morgan fingerprint density at radius 1 is 0.696 bits per heavy atom. The maximum atomic E-state index is 14.2. The molecule has 0 N–H and O–H groups in total. The fourth-order valence-corrected chi connectivity index (χ4v) is 5.77. The summed E-state index contributed by atoms with van der Waals surface area (Å²) in [6.07, 6.45) is 7.66. The van der Waals surface area contributed by atoms with Crippen LogP contribution >= 0.6 is 0 Å². The van der Waals surface area contributed by atoms with E-state index < -0.39 is 23.9 Å². The average molecular weight is 631 g/mol. The molecular weight excluding hydrogens is 572 g/mol. The Bertz CT molecular complexity index is 1290. The monoisotopic (exact) mass is 630 g/mol. The summed E-state index contributed by atoms with van der Waals surface area (Å²) in [4.78, 5) is 33.1. The van der Waals surface area contributed by atoms with Crippen LogP contribution in [-0.4, -0.2) is 34.7 Å². The minimum Gasteiger partial charge on any atom is -0.465 e. The van der Waals surface area contributed by atoms with Gasteiger partial charge in [-0.05, 0) is 60.8 Å². The van der Waals surface area contributed by atoms with Gasteiger partial charge in [0.25, 0.3) is 0 Å². The van der Waals surface area contributed by atoms with E-state index in [1.807, 2.05) is 72.3 Å². The molecule has 0 saturated heterocycles. The predicted octanol–water partition coefficient (Wildman–Crippen LogP) is 9.57. The Hall–Kier alpha value is -3.41. The number of aryl methyl sites for hydroxylation is 1. The van der Waals surface area contributed by atoms with Crippen molar-refractivity contribution in [1.29, 1.82) is 0 Å². The molecule has 0 radical (unpaired) electrons. The summed E-state index contributed by atoms with van der Waals surface area (Å²) in [5.74, 6) is -0.0607. The minimum absolute atomic E-state index is 0.208. The van der Waals surface area contributed by atoms with Gasteiger partial charge in [0, 0.05) is 11.8 Å². The van der Waals surface area contributed by atoms with E-state index >= 15 is 0 Å². The van der Waals surface area contributed by atoms with Crippen LogP contribution in [0, 0.1) is 48.3 Å². The first-order valence-corrected chi connectivity index (χ1v) is 17.4. The van der Waals surface area contributed by atoms with Crippen LogP contribution in [0.4, 0.5) is 0 Å². The molecular formula is C40H58N2O4. The number of esters is 2. The predicted molar refractivity (Wildman–Crippen MR) is 187 cm³/mol. The molecule has 0 spiro atoms. The first-order valence-electron chi connectivity index (χ1n) is 17.4. The molecule has 6 heteroatoms.